The number of pyridine rings is 1. The molecule has 96 valence electrons. The molecule has 6 heteroatoms. The van der Waals surface area contributed by atoms with E-state index in [2.05, 4.69) is 17.2 Å². The fourth-order valence-corrected chi connectivity index (χ4v) is 3.29. The van der Waals surface area contributed by atoms with Crippen molar-refractivity contribution in [2.45, 2.75) is 18.2 Å². The van der Waals surface area contributed by atoms with Gasteiger partial charge in [-0.25, -0.2) is 13.4 Å². The predicted molar refractivity (Wildman–Crippen MR) is 73.5 cm³/mol. The Balaban J connectivity index is 2.48. The summed E-state index contributed by atoms with van der Waals surface area (Å²) in [5.41, 5.74) is 0. The van der Waals surface area contributed by atoms with Crippen LogP contribution >= 0.6 is 11.8 Å². The number of hydrogen-bond donors (Lipinski definition) is 1. The highest BCUT2D eigenvalue weighted by atomic mass is 32.2. The van der Waals surface area contributed by atoms with Crippen LogP contribution in [0.4, 0.5) is 5.82 Å². The molecule has 1 aromatic heterocycles. The van der Waals surface area contributed by atoms with E-state index < -0.39 is 9.84 Å². The van der Waals surface area contributed by atoms with Gasteiger partial charge in [-0.15, -0.1) is 11.8 Å². The number of nitrogens with one attached hydrogen (secondary N) is 1. The van der Waals surface area contributed by atoms with Crippen LogP contribution in [0, 0.1) is 0 Å². The predicted octanol–water partition coefficient (Wildman–Crippen LogP) is 2.04. The highest BCUT2D eigenvalue weighted by Crippen LogP contribution is 2.20. The minimum absolute atomic E-state index is 0.206. The van der Waals surface area contributed by atoms with Crippen LogP contribution in [0.3, 0.4) is 0 Å². The third-order valence-corrected chi connectivity index (χ3v) is 4.21. The van der Waals surface area contributed by atoms with E-state index in [0.29, 0.717) is 5.75 Å². The van der Waals surface area contributed by atoms with Crippen molar-refractivity contribution in [2.75, 3.05) is 29.6 Å². The molecule has 0 radical (unpaired) electrons. The molecule has 1 aromatic rings. The van der Waals surface area contributed by atoms with Gasteiger partial charge >= 0.3 is 0 Å². The molecule has 4 nitrogen and oxygen atoms in total. The Morgan fingerprint density at radius 2 is 2.24 bits per heavy atom. The molecule has 1 N–H and O–H groups in total. The average molecular weight is 274 g/mol. The van der Waals surface area contributed by atoms with Gasteiger partial charge < -0.3 is 5.32 Å². The number of nitrogens with zero attached hydrogens (tertiary/aromatic N) is 1. The number of anilines is 1. The Bertz CT molecular complexity index is 447. The molecule has 0 unspecified atom stereocenters. The first-order valence-corrected chi connectivity index (χ1v) is 8.56. The quantitative estimate of drug-likeness (QED) is 0.771. The zero-order valence-electron chi connectivity index (χ0n) is 10.1. The van der Waals surface area contributed by atoms with Crippen LogP contribution in [-0.2, 0) is 9.84 Å². The number of hydrogen-bond acceptors (Lipinski definition) is 5. The van der Waals surface area contributed by atoms with Crippen molar-refractivity contribution in [3.05, 3.63) is 18.3 Å². The largest absolute Gasteiger partial charge is 0.370 e. The van der Waals surface area contributed by atoms with E-state index in [9.17, 15) is 8.42 Å². The maximum absolute atomic E-state index is 11.0. The topological polar surface area (TPSA) is 59.1 Å². The van der Waals surface area contributed by atoms with Crippen molar-refractivity contribution >= 4 is 27.4 Å². The lowest BCUT2D eigenvalue weighted by Crippen LogP contribution is -2.05. The first-order chi connectivity index (χ1) is 8.01. The molecule has 0 fully saturated rings. The number of aromatic nitrogens is 1. The summed E-state index contributed by atoms with van der Waals surface area (Å²) in [4.78, 5) is 5.23. The van der Waals surface area contributed by atoms with Crippen LogP contribution in [0.5, 0.6) is 0 Å². The van der Waals surface area contributed by atoms with Crippen LogP contribution in [0.2, 0.25) is 0 Å². The van der Waals surface area contributed by atoms with E-state index in [-0.39, 0.29) is 5.75 Å². The van der Waals surface area contributed by atoms with Crippen LogP contribution in [0.15, 0.2) is 23.2 Å². The van der Waals surface area contributed by atoms with E-state index in [0.717, 1.165) is 23.7 Å². The van der Waals surface area contributed by atoms with Crippen molar-refractivity contribution in [3.8, 4) is 0 Å². The SMILES string of the molecule is CCCNc1cc(SCCS(C)(=O)=O)ccn1. The van der Waals surface area contributed by atoms with E-state index >= 15 is 0 Å². The van der Waals surface area contributed by atoms with Gasteiger partial charge in [-0.2, -0.15) is 0 Å². The highest BCUT2D eigenvalue weighted by Gasteiger charge is 2.03. The standard InChI is InChI=1S/C11H18N2O2S2/c1-3-5-12-11-9-10(4-6-13-11)16-7-8-17(2,14)15/h4,6,9H,3,5,7-8H2,1-2H3,(H,12,13). The molecule has 0 atom stereocenters. The summed E-state index contributed by atoms with van der Waals surface area (Å²) in [5.74, 6) is 1.63. The summed E-state index contributed by atoms with van der Waals surface area (Å²) >= 11 is 1.54. The molecule has 0 aliphatic heterocycles. The van der Waals surface area contributed by atoms with Gasteiger partial charge in [0.05, 0.1) is 5.75 Å². The van der Waals surface area contributed by atoms with Crippen molar-refractivity contribution < 1.29 is 8.42 Å². The Morgan fingerprint density at radius 1 is 1.47 bits per heavy atom. The summed E-state index contributed by atoms with van der Waals surface area (Å²) in [7, 11) is -2.87. The molecule has 1 rings (SSSR count). The molecule has 0 aliphatic carbocycles. The Kier molecular flexibility index (Phi) is 5.77. The number of thioether (sulfide) groups is 1. The van der Waals surface area contributed by atoms with Crippen molar-refractivity contribution in [1.29, 1.82) is 0 Å². The van der Waals surface area contributed by atoms with E-state index in [4.69, 9.17) is 0 Å². The monoisotopic (exact) mass is 274 g/mol. The van der Waals surface area contributed by atoms with Crippen molar-refractivity contribution in [3.63, 3.8) is 0 Å². The van der Waals surface area contributed by atoms with E-state index in [1.54, 1.807) is 6.20 Å². The summed E-state index contributed by atoms with van der Waals surface area (Å²) < 4.78 is 22.0. The summed E-state index contributed by atoms with van der Waals surface area (Å²) in [6.07, 6.45) is 4.04. The van der Waals surface area contributed by atoms with E-state index in [1.807, 2.05) is 12.1 Å². The average Bonchev–Trinajstić information content (AvgIpc) is 2.25. The molecule has 0 amide bonds. The minimum atomic E-state index is -2.87. The van der Waals surface area contributed by atoms with Gasteiger partial charge in [0.15, 0.2) is 0 Å². The molecule has 0 bridgehead atoms. The van der Waals surface area contributed by atoms with Crippen LogP contribution in [0.25, 0.3) is 0 Å². The van der Waals surface area contributed by atoms with Gasteiger partial charge in [-0.1, -0.05) is 6.92 Å². The molecule has 0 aromatic carbocycles. The second-order valence-electron chi connectivity index (χ2n) is 3.78. The number of sulfone groups is 1. The number of rotatable bonds is 7. The molecule has 0 aliphatic rings. The van der Waals surface area contributed by atoms with E-state index in [1.165, 1.54) is 18.0 Å². The van der Waals surface area contributed by atoms with Gasteiger partial charge in [-0.05, 0) is 18.6 Å². The Morgan fingerprint density at radius 3 is 2.88 bits per heavy atom. The Labute approximate surface area is 107 Å². The van der Waals surface area contributed by atoms with Crippen LogP contribution < -0.4 is 5.32 Å². The van der Waals surface area contributed by atoms with Gasteiger partial charge in [0, 0.05) is 29.6 Å². The third kappa shape index (κ3) is 6.53. The fraction of sp³-hybridized carbons (Fsp3) is 0.545. The maximum Gasteiger partial charge on any atom is 0.148 e. The third-order valence-electron chi connectivity index (χ3n) is 2.01. The zero-order chi connectivity index (χ0) is 12.7. The smallest absolute Gasteiger partial charge is 0.148 e. The second-order valence-corrected chi connectivity index (χ2v) is 7.21. The maximum atomic E-state index is 11.0. The lowest BCUT2D eigenvalue weighted by Gasteiger charge is -2.05. The lowest BCUT2D eigenvalue weighted by atomic mass is 10.4. The van der Waals surface area contributed by atoms with Crippen LogP contribution in [-0.4, -0.2) is 37.7 Å². The van der Waals surface area contributed by atoms with Gasteiger partial charge in [0.1, 0.15) is 15.7 Å². The summed E-state index contributed by atoms with van der Waals surface area (Å²) in [6.45, 7) is 2.99. The summed E-state index contributed by atoms with van der Waals surface area (Å²) in [5, 5.41) is 3.20. The normalized spacial score (nSPS) is 11.4. The lowest BCUT2D eigenvalue weighted by molar-refractivity contribution is 0.603. The van der Waals surface area contributed by atoms with Gasteiger partial charge in [-0.3, -0.25) is 0 Å². The Hall–Kier alpha value is -0.750. The minimum Gasteiger partial charge on any atom is -0.370 e. The van der Waals surface area contributed by atoms with Crippen LogP contribution in [0.1, 0.15) is 13.3 Å². The van der Waals surface area contributed by atoms with Crippen molar-refractivity contribution in [2.24, 2.45) is 0 Å². The first kappa shape index (κ1) is 14.3. The molecule has 0 spiro atoms. The highest BCUT2D eigenvalue weighted by molar-refractivity contribution is 8.00. The first-order valence-electron chi connectivity index (χ1n) is 5.51. The molecule has 0 saturated carbocycles. The fourth-order valence-electron chi connectivity index (χ4n) is 1.16. The molecule has 0 saturated heterocycles. The zero-order valence-corrected chi connectivity index (χ0v) is 11.8. The molecular formula is C11H18N2O2S2. The van der Waals surface area contributed by atoms with Crippen molar-refractivity contribution in [1.82, 2.24) is 4.98 Å². The van der Waals surface area contributed by atoms with Gasteiger partial charge in [0.25, 0.3) is 0 Å². The van der Waals surface area contributed by atoms with Gasteiger partial charge in [0.2, 0.25) is 0 Å². The molecule has 17 heavy (non-hydrogen) atoms. The molecule has 1 heterocycles. The second kappa shape index (κ2) is 6.86. The summed E-state index contributed by atoms with van der Waals surface area (Å²) in [6, 6.07) is 3.84. The molecular weight excluding hydrogens is 256 g/mol.